The Kier molecular flexibility index (Phi) is 7.09. The van der Waals surface area contributed by atoms with Crippen molar-refractivity contribution < 1.29 is 13.0 Å². The monoisotopic (exact) mass is 330 g/mol. The van der Waals surface area contributed by atoms with Gasteiger partial charge in [-0.05, 0) is 47.6 Å². The van der Waals surface area contributed by atoms with Crippen LogP contribution in [0.1, 0.15) is 50.7 Å². The summed E-state index contributed by atoms with van der Waals surface area (Å²) in [6.07, 6.45) is 2.87. The molecule has 0 radical (unpaired) electrons. The first kappa shape index (κ1) is 19.7. The van der Waals surface area contributed by atoms with Crippen LogP contribution in [0.5, 0.6) is 0 Å². The maximum absolute atomic E-state index is 11.7. The zero-order chi connectivity index (χ0) is 15.6. The average molecular weight is 330 g/mol. The SMILES string of the molecule is CCCCc1cc(S(=O)(=O)O)c2cc(C(C)C)cccc1-2.[NaH]. The van der Waals surface area contributed by atoms with Gasteiger partial charge in [0.2, 0.25) is 0 Å². The molecule has 5 heteroatoms. The summed E-state index contributed by atoms with van der Waals surface area (Å²) in [6, 6.07) is 9.42. The molecule has 0 bridgehead atoms. The molecule has 0 aromatic carbocycles. The van der Waals surface area contributed by atoms with Crippen LogP contribution in [0, 0.1) is 0 Å². The van der Waals surface area contributed by atoms with Gasteiger partial charge in [-0.1, -0.05) is 45.4 Å². The fourth-order valence-electron chi connectivity index (χ4n) is 2.58. The molecule has 22 heavy (non-hydrogen) atoms. The van der Waals surface area contributed by atoms with E-state index in [0.717, 1.165) is 36.0 Å². The molecule has 2 aliphatic rings. The predicted octanol–water partition coefficient (Wildman–Crippen LogP) is 3.86. The van der Waals surface area contributed by atoms with Crippen molar-refractivity contribution in [1.29, 1.82) is 0 Å². The summed E-state index contributed by atoms with van der Waals surface area (Å²) in [5, 5.41) is 0. The van der Waals surface area contributed by atoms with Crippen LogP contribution in [-0.4, -0.2) is 42.5 Å². The maximum atomic E-state index is 11.7. The van der Waals surface area contributed by atoms with Crippen molar-refractivity contribution in [3.63, 3.8) is 0 Å². The van der Waals surface area contributed by atoms with Gasteiger partial charge in [-0.2, -0.15) is 8.42 Å². The molecule has 0 aromatic rings. The molecule has 116 valence electrons. The summed E-state index contributed by atoms with van der Waals surface area (Å²) in [4.78, 5) is 0.0294. The van der Waals surface area contributed by atoms with E-state index in [-0.39, 0.29) is 34.5 Å². The van der Waals surface area contributed by atoms with E-state index in [1.165, 1.54) is 0 Å². The van der Waals surface area contributed by atoms with Gasteiger partial charge in [-0.25, -0.2) is 0 Å². The molecule has 0 aromatic heterocycles. The fraction of sp³-hybridized carbons (Fsp3) is 0.412. The summed E-state index contributed by atoms with van der Waals surface area (Å²) in [6.45, 7) is 6.23. The molecule has 0 aliphatic heterocycles. The Hall–Kier alpha value is -0.390. The number of hydrogen-bond acceptors (Lipinski definition) is 2. The van der Waals surface area contributed by atoms with Crippen molar-refractivity contribution >= 4 is 39.7 Å². The van der Waals surface area contributed by atoms with Crippen molar-refractivity contribution in [2.24, 2.45) is 0 Å². The number of fused-ring (bicyclic) bond motifs is 1. The molecular formula is C17H23NaO3S. The number of rotatable bonds is 5. The Morgan fingerprint density at radius 3 is 2.36 bits per heavy atom. The van der Waals surface area contributed by atoms with Crippen molar-refractivity contribution in [1.82, 2.24) is 0 Å². The Bertz CT molecular complexity index is 708. The molecule has 0 fully saturated rings. The molecule has 2 aliphatic carbocycles. The molecule has 0 unspecified atom stereocenters. The van der Waals surface area contributed by atoms with Gasteiger partial charge in [0.1, 0.15) is 4.90 Å². The van der Waals surface area contributed by atoms with Gasteiger partial charge >= 0.3 is 29.6 Å². The van der Waals surface area contributed by atoms with Crippen molar-refractivity contribution in [2.45, 2.75) is 50.8 Å². The van der Waals surface area contributed by atoms with Gasteiger partial charge in [-0.3, -0.25) is 4.55 Å². The molecular weight excluding hydrogens is 307 g/mol. The molecule has 0 atom stereocenters. The van der Waals surface area contributed by atoms with Crippen LogP contribution >= 0.6 is 0 Å². The standard InChI is InChI=1S/C17H22O3S.Na.H/c1-4-5-7-14-11-17(21(18,19)20)16-10-13(12(2)3)8-6-9-15(14)16;;/h6,8-12H,4-5,7H2,1-3H3,(H,18,19,20);;. The van der Waals surface area contributed by atoms with Crippen LogP contribution in [-0.2, 0) is 16.5 Å². The molecule has 0 amide bonds. The molecule has 1 N–H and O–H groups in total. The zero-order valence-electron chi connectivity index (χ0n) is 12.8. The Morgan fingerprint density at radius 1 is 1.14 bits per heavy atom. The van der Waals surface area contributed by atoms with E-state index in [2.05, 4.69) is 20.8 Å². The van der Waals surface area contributed by atoms with Gasteiger partial charge in [0, 0.05) is 5.56 Å². The fourth-order valence-corrected chi connectivity index (χ4v) is 3.32. The van der Waals surface area contributed by atoms with E-state index >= 15 is 0 Å². The molecule has 0 saturated heterocycles. The molecule has 0 spiro atoms. The second kappa shape index (κ2) is 7.93. The van der Waals surface area contributed by atoms with Crippen LogP contribution in [0.4, 0.5) is 0 Å². The third-order valence-electron chi connectivity index (χ3n) is 3.81. The van der Waals surface area contributed by atoms with E-state index in [9.17, 15) is 13.0 Å². The minimum atomic E-state index is -4.21. The first-order valence-corrected chi connectivity index (χ1v) is 8.81. The molecule has 0 heterocycles. The van der Waals surface area contributed by atoms with Crippen LogP contribution in [0.25, 0.3) is 11.1 Å². The summed E-state index contributed by atoms with van der Waals surface area (Å²) in [7, 11) is -4.21. The average Bonchev–Trinajstić information content (AvgIpc) is 2.59. The van der Waals surface area contributed by atoms with Gasteiger partial charge in [0.15, 0.2) is 0 Å². The molecule has 3 nitrogen and oxygen atoms in total. The van der Waals surface area contributed by atoms with E-state index in [0.29, 0.717) is 11.5 Å². The van der Waals surface area contributed by atoms with E-state index in [1.807, 2.05) is 24.3 Å². The summed E-state index contributed by atoms with van der Waals surface area (Å²) < 4.78 is 32.9. The normalized spacial score (nSPS) is 11.7. The topological polar surface area (TPSA) is 54.4 Å². The number of aryl methyl sites for hydroxylation is 1. The van der Waals surface area contributed by atoms with Gasteiger partial charge in [0.05, 0.1) is 0 Å². The number of hydrogen-bond donors (Lipinski definition) is 1. The van der Waals surface area contributed by atoms with Crippen molar-refractivity contribution in [3.05, 3.63) is 41.5 Å². The third kappa shape index (κ3) is 4.33. The molecule has 0 saturated carbocycles. The van der Waals surface area contributed by atoms with Gasteiger partial charge in [0.25, 0.3) is 10.1 Å². The van der Waals surface area contributed by atoms with Crippen LogP contribution in [0.3, 0.4) is 0 Å². The first-order chi connectivity index (χ1) is 9.84. The van der Waals surface area contributed by atoms with Crippen molar-refractivity contribution in [3.8, 4) is 11.1 Å². The van der Waals surface area contributed by atoms with Crippen LogP contribution < -0.4 is 0 Å². The van der Waals surface area contributed by atoms with E-state index in [4.69, 9.17) is 0 Å². The summed E-state index contributed by atoms with van der Waals surface area (Å²) in [5.41, 5.74) is 3.59. The third-order valence-corrected chi connectivity index (χ3v) is 4.71. The Balaban J connectivity index is 0.00000242. The van der Waals surface area contributed by atoms with E-state index < -0.39 is 10.1 Å². The first-order valence-electron chi connectivity index (χ1n) is 7.37. The second-order valence-corrected chi connectivity index (χ2v) is 7.15. The Morgan fingerprint density at radius 2 is 1.82 bits per heavy atom. The van der Waals surface area contributed by atoms with Crippen LogP contribution in [0.2, 0.25) is 0 Å². The zero-order valence-corrected chi connectivity index (χ0v) is 13.6. The minimum absolute atomic E-state index is 0. The van der Waals surface area contributed by atoms with Crippen molar-refractivity contribution in [2.75, 3.05) is 0 Å². The summed E-state index contributed by atoms with van der Waals surface area (Å²) in [5.74, 6) is 0.295. The molecule has 2 rings (SSSR count). The second-order valence-electron chi connectivity index (χ2n) is 5.76. The van der Waals surface area contributed by atoms with Gasteiger partial charge in [-0.15, -0.1) is 0 Å². The number of unbranched alkanes of at least 4 members (excludes halogenated alkanes) is 1. The Labute approximate surface area is 155 Å². The van der Waals surface area contributed by atoms with E-state index in [1.54, 1.807) is 6.07 Å². The van der Waals surface area contributed by atoms with Crippen LogP contribution in [0.15, 0.2) is 35.2 Å². The quantitative estimate of drug-likeness (QED) is 0.669. The van der Waals surface area contributed by atoms with Gasteiger partial charge < -0.3 is 0 Å². The predicted molar refractivity (Wildman–Crippen MR) is 92.7 cm³/mol. The summed E-state index contributed by atoms with van der Waals surface area (Å²) >= 11 is 0.